The van der Waals surface area contributed by atoms with Gasteiger partial charge in [-0.2, -0.15) is 5.26 Å². The van der Waals surface area contributed by atoms with Crippen LogP contribution in [0.5, 0.6) is 0 Å². The van der Waals surface area contributed by atoms with E-state index in [1.54, 1.807) is 0 Å². The van der Waals surface area contributed by atoms with Crippen LogP contribution in [0.3, 0.4) is 0 Å². The summed E-state index contributed by atoms with van der Waals surface area (Å²) in [6.45, 7) is 0. The second-order valence-electron chi connectivity index (χ2n) is 1.31. The first-order valence-electron chi connectivity index (χ1n) is 2.25. The molecule has 0 aliphatic carbocycles. The lowest BCUT2D eigenvalue weighted by Gasteiger charge is -1.89. The topological polar surface area (TPSA) is 126 Å². The molecule has 0 aromatic carbocycles. The van der Waals surface area contributed by atoms with Crippen LogP contribution in [0, 0.1) is 11.3 Å². The number of carboxylic acid groups (broad SMARTS) is 1. The number of aliphatic carboxylic acids is 1. The first kappa shape index (κ1) is 8.90. The fraction of sp³-hybridized carbons (Fsp3) is 0. The van der Waals surface area contributed by atoms with Crippen LogP contribution in [0.1, 0.15) is 0 Å². The Labute approximate surface area is 60.5 Å². The Morgan fingerprint density at radius 3 is 2.00 bits per heavy atom. The number of oxime groups is 2. The molecule has 0 spiro atoms. The summed E-state index contributed by atoms with van der Waals surface area (Å²) < 4.78 is 0. The van der Waals surface area contributed by atoms with Gasteiger partial charge in [-0.1, -0.05) is 10.3 Å². The van der Waals surface area contributed by atoms with E-state index < -0.39 is 17.4 Å². The van der Waals surface area contributed by atoms with Crippen LogP contribution in [0.15, 0.2) is 10.3 Å². The van der Waals surface area contributed by atoms with Gasteiger partial charge in [-0.3, -0.25) is 0 Å². The van der Waals surface area contributed by atoms with Gasteiger partial charge in [0.2, 0.25) is 11.4 Å². The number of hydrogen-bond acceptors (Lipinski definition) is 6. The Hall–Kier alpha value is -2.10. The monoisotopic (exact) mass is 157 g/mol. The molecule has 0 aliphatic rings. The number of hydrogen-bond donors (Lipinski definition) is 3. The fourth-order valence-electron chi connectivity index (χ4n) is 0.314. The van der Waals surface area contributed by atoms with Gasteiger partial charge in [-0.25, -0.2) is 4.79 Å². The van der Waals surface area contributed by atoms with Crippen molar-refractivity contribution >= 4 is 17.4 Å². The normalized spacial score (nSPS) is 12.3. The lowest BCUT2D eigenvalue weighted by Crippen LogP contribution is -2.22. The van der Waals surface area contributed by atoms with Crippen molar-refractivity contribution in [3.8, 4) is 6.07 Å². The highest BCUT2D eigenvalue weighted by atomic mass is 16.4. The molecule has 3 N–H and O–H groups in total. The van der Waals surface area contributed by atoms with Crippen molar-refractivity contribution in [3.05, 3.63) is 0 Å². The van der Waals surface area contributed by atoms with E-state index in [1.807, 2.05) is 0 Å². The van der Waals surface area contributed by atoms with Crippen LogP contribution >= 0.6 is 0 Å². The second-order valence-corrected chi connectivity index (χ2v) is 1.31. The average molecular weight is 157 g/mol. The zero-order valence-corrected chi connectivity index (χ0v) is 5.09. The summed E-state index contributed by atoms with van der Waals surface area (Å²) in [7, 11) is 0. The van der Waals surface area contributed by atoms with Crippen molar-refractivity contribution in [3.63, 3.8) is 0 Å². The molecule has 0 fully saturated rings. The summed E-state index contributed by atoms with van der Waals surface area (Å²) in [6.07, 6.45) is 0. The molecule has 11 heavy (non-hydrogen) atoms. The molecule has 0 aromatic heterocycles. The Morgan fingerprint density at radius 1 is 1.36 bits per heavy atom. The van der Waals surface area contributed by atoms with E-state index in [0.717, 1.165) is 0 Å². The molecule has 58 valence electrons. The minimum absolute atomic E-state index is 0.861. The standard InChI is InChI=1S/C4H3N3O4/c5-1-2(6-10)3(7-11)4(8)9/h10-11H,(H,8,9)/b6-2-,7-3-. The smallest absolute Gasteiger partial charge is 0.361 e. The first-order valence-corrected chi connectivity index (χ1v) is 2.25. The van der Waals surface area contributed by atoms with Crippen LogP contribution in [-0.4, -0.2) is 32.9 Å². The lowest BCUT2D eigenvalue weighted by molar-refractivity contribution is -0.129. The summed E-state index contributed by atoms with van der Waals surface area (Å²) in [4.78, 5) is 10.1. The molecular weight excluding hydrogens is 154 g/mol. The Kier molecular flexibility index (Phi) is 3.10. The van der Waals surface area contributed by atoms with Gasteiger partial charge >= 0.3 is 5.97 Å². The van der Waals surface area contributed by atoms with E-state index in [-0.39, 0.29) is 0 Å². The minimum atomic E-state index is -1.65. The van der Waals surface area contributed by atoms with Gasteiger partial charge in [-0.15, -0.1) is 0 Å². The molecule has 0 atom stereocenters. The molecule has 0 rings (SSSR count). The van der Waals surface area contributed by atoms with Crippen molar-refractivity contribution in [2.75, 3.05) is 0 Å². The fourth-order valence-corrected chi connectivity index (χ4v) is 0.314. The minimum Gasteiger partial charge on any atom is -0.476 e. The maximum atomic E-state index is 10.1. The molecule has 0 heterocycles. The quantitative estimate of drug-likeness (QED) is 0.276. The van der Waals surface area contributed by atoms with E-state index in [1.165, 1.54) is 6.07 Å². The largest absolute Gasteiger partial charge is 0.476 e. The first-order chi connectivity index (χ1) is 5.17. The molecule has 0 saturated carbocycles. The van der Waals surface area contributed by atoms with Gasteiger partial charge in [0.05, 0.1) is 0 Å². The predicted octanol–water partition coefficient (Wildman–Crippen LogP) is -0.745. The lowest BCUT2D eigenvalue weighted by atomic mass is 10.2. The maximum absolute atomic E-state index is 10.1. The highest BCUT2D eigenvalue weighted by molar-refractivity contribution is 6.68. The zero-order valence-electron chi connectivity index (χ0n) is 5.09. The molecule has 0 saturated heterocycles. The van der Waals surface area contributed by atoms with Crippen molar-refractivity contribution in [2.24, 2.45) is 10.3 Å². The molecule has 0 unspecified atom stereocenters. The maximum Gasteiger partial charge on any atom is 0.361 e. The average Bonchev–Trinajstić information content (AvgIpc) is 1.99. The van der Waals surface area contributed by atoms with E-state index >= 15 is 0 Å². The molecule has 0 aliphatic heterocycles. The van der Waals surface area contributed by atoms with Gasteiger partial charge in [0.1, 0.15) is 6.07 Å². The van der Waals surface area contributed by atoms with E-state index in [0.29, 0.717) is 0 Å². The van der Waals surface area contributed by atoms with Gasteiger partial charge in [-0.05, 0) is 0 Å². The van der Waals surface area contributed by atoms with Gasteiger partial charge in [0.25, 0.3) is 0 Å². The molecule has 7 heteroatoms. The molecule has 0 bridgehead atoms. The third kappa shape index (κ3) is 1.94. The summed E-state index contributed by atoms with van der Waals surface area (Å²) in [5, 5.41) is 36.7. The predicted molar refractivity (Wildman–Crippen MR) is 31.7 cm³/mol. The van der Waals surface area contributed by atoms with Crippen molar-refractivity contribution < 1.29 is 20.3 Å². The molecule has 7 nitrogen and oxygen atoms in total. The van der Waals surface area contributed by atoms with E-state index in [4.69, 9.17) is 20.8 Å². The summed E-state index contributed by atoms with van der Waals surface area (Å²) in [6, 6.07) is 1.21. The Balaban J connectivity index is 4.84. The van der Waals surface area contributed by atoms with E-state index in [9.17, 15) is 4.79 Å². The van der Waals surface area contributed by atoms with Gasteiger partial charge < -0.3 is 15.5 Å². The SMILES string of the molecule is N#CC(=N/O)/C(=N/O)C(=O)O. The highest BCUT2D eigenvalue weighted by Crippen LogP contribution is 1.83. The summed E-state index contributed by atoms with van der Waals surface area (Å²) in [5.74, 6) is -1.65. The van der Waals surface area contributed by atoms with Crippen LogP contribution < -0.4 is 0 Å². The van der Waals surface area contributed by atoms with Crippen molar-refractivity contribution in [1.29, 1.82) is 5.26 Å². The second kappa shape index (κ2) is 3.84. The number of nitriles is 1. The Morgan fingerprint density at radius 2 is 1.91 bits per heavy atom. The molecule has 0 aromatic rings. The van der Waals surface area contributed by atoms with Gasteiger partial charge in [0, 0.05) is 0 Å². The van der Waals surface area contributed by atoms with Crippen molar-refractivity contribution in [1.82, 2.24) is 0 Å². The number of carboxylic acids is 1. The zero-order chi connectivity index (χ0) is 8.85. The molecular formula is C4H3N3O4. The third-order valence-electron chi connectivity index (χ3n) is 0.733. The summed E-state index contributed by atoms with van der Waals surface area (Å²) in [5.41, 5.74) is -1.87. The molecule has 0 radical (unpaired) electrons. The van der Waals surface area contributed by atoms with E-state index in [2.05, 4.69) is 10.3 Å². The van der Waals surface area contributed by atoms with Crippen LogP contribution in [-0.2, 0) is 4.79 Å². The van der Waals surface area contributed by atoms with Crippen LogP contribution in [0.25, 0.3) is 0 Å². The molecule has 0 amide bonds. The van der Waals surface area contributed by atoms with Crippen molar-refractivity contribution in [2.45, 2.75) is 0 Å². The number of rotatable bonds is 2. The number of nitrogens with zero attached hydrogens (tertiary/aromatic N) is 3. The summed E-state index contributed by atoms with van der Waals surface area (Å²) >= 11 is 0. The Bertz CT molecular complexity index is 261. The van der Waals surface area contributed by atoms with Crippen LogP contribution in [0.4, 0.5) is 0 Å². The highest BCUT2D eigenvalue weighted by Gasteiger charge is 2.18. The van der Waals surface area contributed by atoms with Gasteiger partial charge in [0.15, 0.2) is 0 Å². The number of carbonyl (C=O) groups is 1. The third-order valence-corrected chi connectivity index (χ3v) is 0.733. The van der Waals surface area contributed by atoms with Crippen LogP contribution in [0.2, 0.25) is 0 Å².